The Balaban J connectivity index is 2.59. The van der Waals surface area contributed by atoms with Gasteiger partial charge >= 0.3 is 0 Å². The van der Waals surface area contributed by atoms with Gasteiger partial charge in [-0.15, -0.1) is 0 Å². The van der Waals surface area contributed by atoms with Crippen molar-refractivity contribution in [2.75, 3.05) is 19.6 Å². The molecule has 0 amide bonds. The second-order valence-corrected chi connectivity index (χ2v) is 6.14. The standard InChI is InChI=1S/C12H24N4O2S/c1-4-9-16-10-12(15-11(16)3)19(17,18)14-8-6-7-13-5-2/h10,13-14H,4-9H2,1-3H3. The summed E-state index contributed by atoms with van der Waals surface area (Å²) >= 11 is 0. The average Bonchev–Trinajstić information content (AvgIpc) is 2.72. The fourth-order valence-electron chi connectivity index (χ4n) is 1.75. The predicted octanol–water partition coefficient (Wildman–Crippen LogP) is 0.879. The second kappa shape index (κ2) is 7.62. The first-order chi connectivity index (χ1) is 9.01. The van der Waals surface area contributed by atoms with E-state index in [9.17, 15) is 8.42 Å². The molecule has 0 aromatic carbocycles. The van der Waals surface area contributed by atoms with Crippen LogP contribution >= 0.6 is 0 Å². The van der Waals surface area contributed by atoms with Crippen molar-refractivity contribution in [1.29, 1.82) is 0 Å². The van der Waals surface area contributed by atoms with Crippen LogP contribution in [0.5, 0.6) is 0 Å². The van der Waals surface area contributed by atoms with Crippen molar-refractivity contribution in [3.05, 3.63) is 12.0 Å². The molecule has 0 aliphatic carbocycles. The van der Waals surface area contributed by atoms with Crippen molar-refractivity contribution < 1.29 is 8.42 Å². The number of aromatic nitrogens is 2. The number of hydrogen-bond donors (Lipinski definition) is 2. The van der Waals surface area contributed by atoms with Crippen molar-refractivity contribution >= 4 is 10.0 Å². The minimum Gasteiger partial charge on any atom is -0.334 e. The lowest BCUT2D eigenvalue weighted by Gasteiger charge is -2.04. The maximum atomic E-state index is 12.0. The SMILES string of the molecule is CCCn1cc(S(=O)(=O)NCCCNCC)nc1C. The number of nitrogens with zero attached hydrogens (tertiary/aromatic N) is 2. The molecule has 0 fully saturated rings. The van der Waals surface area contributed by atoms with Gasteiger partial charge in [-0.25, -0.2) is 18.1 Å². The zero-order valence-electron chi connectivity index (χ0n) is 11.9. The average molecular weight is 288 g/mol. The Kier molecular flexibility index (Phi) is 6.47. The Morgan fingerprint density at radius 2 is 2.05 bits per heavy atom. The molecule has 0 aliphatic heterocycles. The van der Waals surface area contributed by atoms with Crippen LogP contribution in [0.25, 0.3) is 0 Å². The molecule has 7 heteroatoms. The summed E-state index contributed by atoms with van der Waals surface area (Å²) in [4.78, 5) is 4.11. The minimum absolute atomic E-state index is 0.113. The van der Waals surface area contributed by atoms with Gasteiger partial charge < -0.3 is 9.88 Å². The maximum Gasteiger partial charge on any atom is 0.259 e. The lowest BCUT2D eigenvalue weighted by molar-refractivity contribution is 0.572. The molecule has 1 aromatic heterocycles. The van der Waals surface area contributed by atoms with E-state index in [-0.39, 0.29) is 5.03 Å². The number of aryl methyl sites for hydroxylation is 2. The summed E-state index contributed by atoms with van der Waals surface area (Å²) in [6, 6.07) is 0. The molecule has 1 aromatic rings. The molecule has 0 saturated carbocycles. The molecular weight excluding hydrogens is 264 g/mol. The monoisotopic (exact) mass is 288 g/mol. The number of rotatable bonds is 9. The van der Waals surface area contributed by atoms with Crippen LogP contribution in [0.3, 0.4) is 0 Å². The molecule has 0 spiro atoms. The molecule has 6 nitrogen and oxygen atoms in total. The molecular formula is C12H24N4O2S. The highest BCUT2D eigenvalue weighted by atomic mass is 32.2. The highest BCUT2D eigenvalue weighted by Crippen LogP contribution is 2.09. The van der Waals surface area contributed by atoms with Gasteiger partial charge in [-0.2, -0.15) is 0 Å². The lowest BCUT2D eigenvalue weighted by atomic mass is 10.4. The van der Waals surface area contributed by atoms with E-state index >= 15 is 0 Å². The van der Waals surface area contributed by atoms with Gasteiger partial charge in [0.05, 0.1) is 0 Å². The van der Waals surface area contributed by atoms with Gasteiger partial charge in [0.25, 0.3) is 10.0 Å². The highest BCUT2D eigenvalue weighted by molar-refractivity contribution is 7.89. The van der Waals surface area contributed by atoms with E-state index in [1.54, 1.807) is 6.20 Å². The summed E-state index contributed by atoms with van der Waals surface area (Å²) in [5.74, 6) is 0.731. The van der Waals surface area contributed by atoms with Gasteiger partial charge in [-0.3, -0.25) is 0 Å². The van der Waals surface area contributed by atoms with Gasteiger partial charge in [0, 0.05) is 19.3 Å². The number of hydrogen-bond acceptors (Lipinski definition) is 4. The summed E-state index contributed by atoms with van der Waals surface area (Å²) in [6.07, 6.45) is 3.32. The van der Waals surface area contributed by atoms with E-state index in [0.29, 0.717) is 6.54 Å². The van der Waals surface area contributed by atoms with Gasteiger partial charge in [-0.05, 0) is 32.9 Å². The Bertz CT molecular complexity index is 482. The first-order valence-corrected chi connectivity index (χ1v) is 8.23. The maximum absolute atomic E-state index is 12.0. The lowest BCUT2D eigenvalue weighted by Crippen LogP contribution is -2.27. The van der Waals surface area contributed by atoms with Crippen LogP contribution in [0.4, 0.5) is 0 Å². The molecule has 110 valence electrons. The third-order valence-corrected chi connectivity index (χ3v) is 4.10. The summed E-state index contributed by atoms with van der Waals surface area (Å²) in [6.45, 7) is 8.80. The molecule has 2 N–H and O–H groups in total. The van der Waals surface area contributed by atoms with E-state index in [2.05, 4.69) is 15.0 Å². The van der Waals surface area contributed by atoms with E-state index < -0.39 is 10.0 Å². The molecule has 0 unspecified atom stereocenters. The van der Waals surface area contributed by atoms with Crippen LogP contribution in [-0.2, 0) is 16.6 Å². The van der Waals surface area contributed by atoms with Crippen LogP contribution in [0, 0.1) is 6.92 Å². The Labute approximate surface area is 115 Å². The first-order valence-electron chi connectivity index (χ1n) is 6.75. The van der Waals surface area contributed by atoms with Crippen molar-refractivity contribution in [2.24, 2.45) is 0 Å². The second-order valence-electron chi connectivity index (χ2n) is 4.42. The fraction of sp³-hybridized carbons (Fsp3) is 0.750. The Morgan fingerprint density at radius 1 is 1.32 bits per heavy atom. The minimum atomic E-state index is -3.48. The van der Waals surface area contributed by atoms with Gasteiger partial charge in [-0.1, -0.05) is 13.8 Å². The van der Waals surface area contributed by atoms with Crippen molar-refractivity contribution in [3.8, 4) is 0 Å². The predicted molar refractivity (Wildman–Crippen MR) is 75.6 cm³/mol. The van der Waals surface area contributed by atoms with E-state index in [1.807, 2.05) is 25.3 Å². The zero-order chi connectivity index (χ0) is 14.3. The summed E-state index contributed by atoms with van der Waals surface area (Å²) in [5.41, 5.74) is 0. The third-order valence-electron chi connectivity index (χ3n) is 2.77. The molecule has 19 heavy (non-hydrogen) atoms. The van der Waals surface area contributed by atoms with Crippen molar-refractivity contribution in [3.63, 3.8) is 0 Å². The fourth-order valence-corrected chi connectivity index (χ4v) is 2.83. The van der Waals surface area contributed by atoms with E-state index in [0.717, 1.165) is 38.3 Å². The zero-order valence-corrected chi connectivity index (χ0v) is 12.8. The molecule has 0 atom stereocenters. The van der Waals surface area contributed by atoms with E-state index in [4.69, 9.17) is 0 Å². The van der Waals surface area contributed by atoms with Gasteiger partial charge in [0.1, 0.15) is 5.82 Å². The van der Waals surface area contributed by atoms with Crippen LogP contribution in [-0.4, -0.2) is 37.6 Å². The van der Waals surface area contributed by atoms with Crippen LogP contribution < -0.4 is 10.0 Å². The smallest absolute Gasteiger partial charge is 0.259 e. The summed E-state index contributed by atoms with van der Waals surface area (Å²) < 4.78 is 28.5. The van der Waals surface area contributed by atoms with E-state index in [1.165, 1.54) is 0 Å². The van der Waals surface area contributed by atoms with Crippen molar-refractivity contribution in [2.45, 2.75) is 45.2 Å². The number of imidazole rings is 1. The summed E-state index contributed by atoms with van der Waals surface area (Å²) in [7, 11) is -3.48. The summed E-state index contributed by atoms with van der Waals surface area (Å²) in [5, 5.41) is 3.26. The number of sulfonamides is 1. The normalized spacial score (nSPS) is 11.9. The number of nitrogens with one attached hydrogen (secondary N) is 2. The van der Waals surface area contributed by atoms with Crippen molar-refractivity contribution in [1.82, 2.24) is 19.6 Å². The van der Waals surface area contributed by atoms with Crippen LogP contribution in [0.1, 0.15) is 32.5 Å². The van der Waals surface area contributed by atoms with Gasteiger partial charge in [0.2, 0.25) is 0 Å². The highest BCUT2D eigenvalue weighted by Gasteiger charge is 2.18. The molecule has 0 radical (unpaired) electrons. The molecule has 1 rings (SSSR count). The largest absolute Gasteiger partial charge is 0.334 e. The molecule has 0 aliphatic rings. The quantitative estimate of drug-likeness (QED) is 0.661. The topological polar surface area (TPSA) is 76.0 Å². The molecule has 0 bridgehead atoms. The Morgan fingerprint density at radius 3 is 2.68 bits per heavy atom. The van der Waals surface area contributed by atoms with Gasteiger partial charge in [0.15, 0.2) is 5.03 Å². The molecule has 0 saturated heterocycles. The molecule has 1 heterocycles. The first kappa shape index (κ1) is 16.1. The Hall–Kier alpha value is -0.920. The van der Waals surface area contributed by atoms with Crippen LogP contribution in [0.15, 0.2) is 11.2 Å². The third kappa shape index (κ3) is 4.93. The van der Waals surface area contributed by atoms with Crippen LogP contribution in [0.2, 0.25) is 0 Å².